The Bertz CT molecular complexity index is 863. The lowest BCUT2D eigenvalue weighted by molar-refractivity contribution is 0.0950. The number of hydrogen-bond acceptors (Lipinski definition) is 4. The van der Waals surface area contributed by atoms with Crippen LogP contribution in [0.15, 0.2) is 60.9 Å². The molecule has 1 heterocycles. The first-order valence-electron chi connectivity index (χ1n) is 7.79. The molecule has 5 nitrogen and oxygen atoms in total. The molecule has 0 saturated heterocycles. The molecule has 3 rings (SSSR count). The number of nitrogens with one attached hydrogen (secondary N) is 2. The summed E-state index contributed by atoms with van der Waals surface area (Å²) >= 11 is 6.08. The Morgan fingerprint density at radius 3 is 2.40 bits per heavy atom. The Labute approximate surface area is 151 Å². The van der Waals surface area contributed by atoms with Gasteiger partial charge in [-0.15, -0.1) is 0 Å². The van der Waals surface area contributed by atoms with Crippen LogP contribution in [-0.2, 0) is 6.54 Å². The lowest BCUT2D eigenvalue weighted by atomic mass is 10.1. The molecule has 1 aromatic heterocycles. The summed E-state index contributed by atoms with van der Waals surface area (Å²) in [4.78, 5) is 20.5. The van der Waals surface area contributed by atoms with E-state index in [-0.39, 0.29) is 5.91 Å². The molecule has 126 valence electrons. The molecule has 0 saturated carbocycles. The molecule has 0 aliphatic carbocycles. The van der Waals surface area contributed by atoms with Gasteiger partial charge in [0.2, 0.25) is 5.95 Å². The number of aromatic nitrogens is 2. The molecule has 0 bridgehead atoms. The van der Waals surface area contributed by atoms with Crippen molar-refractivity contribution >= 4 is 29.1 Å². The Balaban J connectivity index is 1.60. The smallest absolute Gasteiger partial charge is 0.254 e. The second kappa shape index (κ2) is 7.77. The lowest BCUT2D eigenvalue weighted by Crippen LogP contribution is -2.23. The van der Waals surface area contributed by atoms with Crippen LogP contribution in [0.5, 0.6) is 0 Å². The SMILES string of the molecule is Cc1ccc(CNC(=O)c2cnc(Nc3ccccc3Cl)nc2)cc1. The molecule has 25 heavy (non-hydrogen) atoms. The third-order valence-corrected chi connectivity index (χ3v) is 3.94. The van der Waals surface area contributed by atoms with Gasteiger partial charge in [0.1, 0.15) is 0 Å². The average Bonchev–Trinajstić information content (AvgIpc) is 2.63. The van der Waals surface area contributed by atoms with Crippen LogP contribution >= 0.6 is 11.6 Å². The van der Waals surface area contributed by atoms with Crippen molar-refractivity contribution in [2.75, 3.05) is 5.32 Å². The molecule has 1 amide bonds. The van der Waals surface area contributed by atoms with Crippen LogP contribution in [0.2, 0.25) is 5.02 Å². The molecular weight excluding hydrogens is 336 g/mol. The van der Waals surface area contributed by atoms with E-state index in [1.165, 1.54) is 18.0 Å². The summed E-state index contributed by atoms with van der Waals surface area (Å²) < 4.78 is 0. The third kappa shape index (κ3) is 4.55. The largest absolute Gasteiger partial charge is 0.348 e. The average molecular weight is 353 g/mol. The molecule has 0 spiro atoms. The summed E-state index contributed by atoms with van der Waals surface area (Å²) in [5.41, 5.74) is 3.33. The number of carbonyl (C=O) groups is 1. The van der Waals surface area contributed by atoms with Crippen molar-refractivity contribution in [2.24, 2.45) is 0 Å². The standard InChI is InChI=1S/C19H17ClN4O/c1-13-6-8-14(9-7-13)10-21-18(25)15-11-22-19(23-12-15)24-17-5-3-2-4-16(17)20/h2-9,11-12H,10H2,1H3,(H,21,25)(H,22,23,24). The maximum Gasteiger partial charge on any atom is 0.254 e. The summed E-state index contributed by atoms with van der Waals surface area (Å²) in [7, 11) is 0. The number of carbonyl (C=O) groups excluding carboxylic acids is 1. The van der Waals surface area contributed by atoms with E-state index in [1.807, 2.05) is 49.4 Å². The zero-order valence-corrected chi connectivity index (χ0v) is 14.4. The van der Waals surface area contributed by atoms with Crippen molar-refractivity contribution in [1.82, 2.24) is 15.3 Å². The zero-order chi connectivity index (χ0) is 17.6. The number of anilines is 2. The quantitative estimate of drug-likeness (QED) is 0.725. The minimum absolute atomic E-state index is 0.218. The highest BCUT2D eigenvalue weighted by Gasteiger charge is 2.08. The molecule has 2 aromatic carbocycles. The highest BCUT2D eigenvalue weighted by atomic mass is 35.5. The minimum Gasteiger partial charge on any atom is -0.348 e. The van der Waals surface area contributed by atoms with E-state index in [1.54, 1.807) is 6.07 Å². The predicted molar refractivity (Wildman–Crippen MR) is 99.1 cm³/mol. The van der Waals surface area contributed by atoms with Crippen LogP contribution < -0.4 is 10.6 Å². The topological polar surface area (TPSA) is 66.9 Å². The van der Waals surface area contributed by atoms with Crippen molar-refractivity contribution in [3.05, 3.63) is 82.6 Å². The molecule has 0 radical (unpaired) electrons. The molecule has 2 N–H and O–H groups in total. The Hall–Kier alpha value is -2.92. The summed E-state index contributed by atoms with van der Waals surface area (Å²) in [6, 6.07) is 15.3. The second-order valence-corrected chi connectivity index (χ2v) is 5.98. The normalized spacial score (nSPS) is 10.3. The van der Waals surface area contributed by atoms with Crippen LogP contribution in [0.1, 0.15) is 21.5 Å². The van der Waals surface area contributed by atoms with Gasteiger partial charge in [0.05, 0.1) is 16.3 Å². The van der Waals surface area contributed by atoms with Crippen LogP contribution in [0, 0.1) is 6.92 Å². The maximum absolute atomic E-state index is 12.2. The van der Waals surface area contributed by atoms with Crippen molar-refractivity contribution in [3.63, 3.8) is 0 Å². The van der Waals surface area contributed by atoms with Crippen LogP contribution in [0.25, 0.3) is 0 Å². The molecule has 0 atom stereocenters. The highest BCUT2D eigenvalue weighted by molar-refractivity contribution is 6.33. The number of hydrogen-bond donors (Lipinski definition) is 2. The Morgan fingerprint density at radius 1 is 1.04 bits per heavy atom. The number of amides is 1. The molecular formula is C19H17ClN4O. The van der Waals surface area contributed by atoms with Gasteiger partial charge in [-0.1, -0.05) is 53.6 Å². The summed E-state index contributed by atoms with van der Waals surface area (Å²) in [6.45, 7) is 2.48. The number of nitrogens with zero attached hydrogens (tertiary/aromatic N) is 2. The molecule has 3 aromatic rings. The van der Waals surface area contributed by atoms with Crippen LogP contribution in [0.4, 0.5) is 11.6 Å². The Kier molecular flexibility index (Phi) is 5.26. The molecule has 6 heteroatoms. The number of benzene rings is 2. The van der Waals surface area contributed by atoms with Gasteiger partial charge in [0.25, 0.3) is 5.91 Å². The molecule has 0 aliphatic rings. The van der Waals surface area contributed by atoms with E-state index >= 15 is 0 Å². The van der Waals surface area contributed by atoms with Gasteiger partial charge in [-0.2, -0.15) is 0 Å². The van der Waals surface area contributed by atoms with E-state index in [9.17, 15) is 4.79 Å². The van der Waals surface area contributed by atoms with Gasteiger partial charge in [-0.05, 0) is 24.6 Å². The number of aryl methyl sites for hydroxylation is 1. The van der Waals surface area contributed by atoms with E-state index < -0.39 is 0 Å². The van der Waals surface area contributed by atoms with E-state index in [0.29, 0.717) is 28.8 Å². The first-order valence-corrected chi connectivity index (χ1v) is 8.17. The number of para-hydroxylation sites is 1. The molecule has 0 aliphatic heterocycles. The lowest BCUT2D eigenvalue weighted by Gasteiger charge is -2.08. The van der Waals surface area contributed by atoms with E-state index in [2.05, 4.69) is 20.6 Å². The van der Waals surface area contributed by atoms with Gasteiger partial charge >= 0.3 is 0 Å². The Morgan fingerprint density at radius 2 is 1.72 bits per heavy atom. The van der Waals surface area contributed by atoms with Crippen molar-refractivity contribution in [2.45, 2.75) is 13.5 Å². The van der Waals surface area contributed by atoms with Crippen LogP contribution in [-0.4, -0.2) is 15.9 Å². The minimum atomic E-state index is -0.218. The highest BCUT2D eigenvalue weighted by Crippen LogP contribution is 2.22. The van der Waals surface area contributed by atoms with Crippen molar-refractivity contribution in [1.29, 1.82) is 0 Å². The fraction of sp³-hybridized carbons (Fsp3) is 0.105. The predicted octanol–water partition coefficient (Wildman–Crippen LogP) is 4.11. The summed E-state index contributed by atoms with van der Waals surface area (Å²) in [6.07, 6.45) is 2.97. The van der Waals surface area contributed by atoms with Gasteiger partial charge in [0, 0.05) is 18.9 Å². The second-order valence-electron chi connectivity index (χ2n) is 5.57. The van der Waals surface area contributed by atoms with Crippen molar-refractivity contribution < 1.29 is 4.79 Å². The van der Waals surface area contributed by atoms with Crippen LogP contribution in [0.3, 0.4) is 0 Å². The van der Waals surface area contributed by atoms with Gasteiger partial charge in [-0.25, -0.2) is 9.97 Å². The van der Waals surface area contributed by atoms with Gasteiger partial charge < -0.3 is 10.6 Å². The molecule has 0 unspecified atom stereocenters. The first kappa shape index (κ1) is 16.9. The fourth-order valence-electron chi connectivity index (χ4n) is 2.18. The maximum atomic E-state index is 12.2. The fourth-order valence-corrected chi connectivity index (χ4v) is 2.37. The van der Waals surface area contributed by atoms with E-state index in [0.717, 1.165) is 5.56 Å². The van der Waals surface area contributed by atoms with Gasteiger partial charge in [0.15, 0.2) is 0 Å². The van der Waals surface area contributed by atoms with Crippen molar-refractivity contribution in [3.8, 4) is 0 Å². The summed E-state index contributed by atoms with van der Waals surface area (Å²) in [5.74, 6) is 0.160. The number of halogens is 1. The third-order valence-electron chi connectivity index (χ3n) is 3.61. The monoisotopic (exact) mass is 352 g/mol. The molecule has 0 fully saturated rings. The first-order chi connectivity index (χ1) is 12.1. The summed E-state index contributed by atoms with van der Waals surface area (Å²) in [5, 5.41) is 6.44. The zero-order valence-electron chi connectivity index (χ0n) is 13.7. The number of rotatable bonds is 5. The van der Waals surface area contributed by atoms with E-state index in [4.69, 9.17) is 11.6 Å². The van der Waals surface area contributed by atoms with Gasteiger partial charge in [-0.3, -0.25) is 4.79 Å².